The maximum absolute atomic E-state index is 12.5. The molecule has 0 aromatic rings. The van der Waals surface area contributed by atoms with Crippen LogP contribution in [0.4, 0.5) is 0 Å². The van der Waals surface area contributed by atoms with E-state index in [0.29, 0.717) is 11.7 Å². The van der Waals surface area contributed by atoms with Gasteiger partial charge in [0.25, 0.3) is 0 Å². The molecule has 0 radical (unpaired) electrons. The summed E-state index contributed by atoms with van der Waals surface area (Å²) in [5, 5.41) is 0. The molecule has 0 N–H and O–H groups in total. The van der Waals surface area contributed by atoms with Crippen LogP contribution in [0.2, 0.25) is 0 Å². The van der Waals surface area contributed by atoms with Gasteiger partial charge in [0.05, 0.1) is 0 Å². The summed E-state index contributed by atoms with van der Waals surface area (Å²) in [6.45, 7) is 15.3. The van der Waals surface area contributed by atoms with Crippen molar-refractivity contribution in [2.45, 2.75) is 61.3 Å². The molecule has 2 atom stereocenters. The van der Waals surface area contributed by atoms with Crippen molar-refractivity contribution >= 4 is 5.78 Å². The summed E-state index contributed by atoms with van der Waals surface area (Å²) < 4.78 is 0. The quantitative estimate of drug-likeness (QED) is 0.639. The number of hydrogen-bond acceptors (Lipinski definition) is 1. The van der Waals surface area contributed by atoms with Crippen molar-refractivity contribution in [2.75, 3.05) is 0 Å². The molecule has 0 aromatic carbocycles. The lowest BCUT2D eigenvalue weighted by molar-refractivity contribution is -0.127. The Bertz CT molecular complexity index is 330. The molecule has 0 heterocycles. The molecule has 0 saturated heterocycles. The Morgan fingerprint density at radius 2 is 1.71 bits per heavy atom. The predicted octanol–water partition coefficient (Wildman–Crippen LogP) is 4.62. The highest BCUT2D eigenvalue weighted by molar-refractivity contribution is 5.95. The van der Waals surface area contributed by atoms with E-state index >= 15 is 0 Å². The Morgan fingerprint density at radius 3 is 2.06 bits per heavy atom. The number of allylic oxidation sites excluding steroid dienone is 2. The molecular weight excluding hydrogens is 208 g/mol. The standard InChI is InChI=1S/C16H28O/c1-12-10-15(5,6)16(7,11-12)13(17)8-9-14(2,3)4/h8-9,12H,10-11H2,1-7H3/b9-8+. The van der Waals surface area contributed by atoms with E-state index in [-0.39, 0.29) is 16.2 Å². The van der Waals surface area contributed by atoms with Crippen molar-refractivity contribution in [3.8, 4) is 0 Å². The minimum Gasteiger partial charge on any atom is -0.294 e. The third-order valence-corrected chi connectivity index (χ3v) is 4.39. The molecule has 0 bridgehead atoms. The first kappa shape index (κ1) is 14.5. The monoisotopic (exact) mass is 236 g/mol. The Balaban J connectivity index is 2.92. The number of ketones is 1. The molecule has 1 aliphatic rings. The highest BCUT2D eigenvalue weighted by Crippen LogP contribution is 2.55. The SMILES string of the molecule is CC1CC(C)(C)C(C)(C(=O)/C=C/C(C)(C)C)C1. The minimum atomic E-state index is -0.186. The van der Waals surface area contributed by atoms with Crippen molar-refractivity contribution in [3.63, 3.8) is 0 Å². The first-order chi connectivity index (χ1) is 7.48. The van der Waals surface area contributed by atoms with Crippen LogP contribution in [0.5, 0.6) is 0 Å². The third kappa shape index (κ3) is 3.00. The first-order valence-corrected chi connectivity index (χ1v) is 6.72. The molecule has 1 aliphatic carbocycles. The van der Waals surface area contributed by atoms with Crippen molar-refractivity contribution < 1.29 is 4.79 Å². The van der Waals surface area contributed by atoms with Gasteiger partial charge in [-0.2, -0.15) is 0 Å². The topological polar surface area (TPSA) is 17.1 Å². The molecule has 0 aliphatic heterocycles. The zero-order chi connectivity index (χ0) is 13.5. The molecule has 17 heavy (non-hydrogen) atoms. The summed E-state index contributed by atoms with van der Waals surface area (Å²) in [6, 6.07) is 0. The summed E-state index contributed by atoms with van der Waals surface area (Å²) in [5.74, 6) is 0.962. The van der Waals surface area contributed by atoms with E-state index in [9.17, 15) is 4.79 Å². The summed E-state index contributed by atoms with van der Waals surface area (Å²) >= 11 is 0. The van der Waals surface area contributed by atoms with E-state index < -0.39 is 0 Å². The average Bonchev–Trinajstić information content (AvgIpc) is 2.31. The van der Waals surface area contributed by atoms with E-state index in [1.165, 1.54) is 0 Å². The summed E-state index contributed by atoms with van der Waals surface area (Å²) in [4.78, 5) is 12.5. The van der Waals surface area contributed by atoms with Crippen LogP contribution in [-0.4, -0.2) is 5.78 Å². The summed E-state index contributed by atoms with van der Waals surface area (Å²) in [5.41, 5.74) is 0.0142. The highest BCUT2D eigenvalue weighted by atomic mass is 16.1. The second-order valence-corrected chi connectivity index (χ2v) is 7.79. The fourth-order valence-corrected chi connectivity index (χ4v) is 3.09. The van der Waals surface area contributed by atoms with Crippen molar-refractivity contribution in [1.82, 2.24) is 0 Å². The Hall–Kier alpha value is -0.590. The largest absolute Gasteiger partial charge is 0.294 e. The molecular formula is C16H28O. The molecule has 2 unspecified atom stereocenters. The van der Waals surface area contributed by atoms with E-state index in [1.807, 2.05) is 12.2 Å². The molecule has 0 spiro atoms. The minimum absolute atomic E-state index is 0.0837. The van der Waals surface area contributed by atoms with Gasteiger partial charge in [0.2, 0.25) is 0 Å². The molecule has 0 aromatic heterocycles. The van der Waals surface area contributed by atoms with Crippen LogP contribution in [0.25, 0.3) is 0 Å². The maximum atomic E-state index is 12.5. The van der Waals surface area contributed by atoms with Crippen molar-refractivity contribution in [2.24, 2.45) is 22.2 Å². The highest BCUT2D eigenvalue weighted by Gasteiger charge is 2.51. The zero-order valence-corrected chi connectivity index (χ0v) is 12.6. The van der Waals surface area contributed by atoms with Gasteiger partial charge < -0.3 is 0 Å². The molecule has 0 amide bonds. The fraction of sp³-hybridized carbons (Fsp3) is 0.812. The first-order valence-electron chi connectivity index (χ1n) is 6.72. The molecule has 98 valence electrons. The normalized spacial score (nSPS) is 33.2. The lowest BCUT2D eigenvalue weighted by Crippen LogP contribution is -2.36. The third-order valence-electron chi connectivity index (χ3n) is 4.39. The lowest BCUT2D eigenvalue weighted by Gasteiger charge is -2.36. The number of carbonyl (C=O) groups is 1. The van der Waals surface area contributed by atoms with Gasteiger partial charge in [0.15, 0.2) is 5.78 Å². The van der Waals surface area contributed by atoms with Crippen LogP contribution in [-0.2, 0) is 4.79 Å². The van der Waals surface area contributed by atoms with Crippen LogP contribution in [0.3, 0.4) is 0 Å². The Labute approximate surface area is 107 Å². The predicted molar refractivity (Wildman–Crippen MR) is 73.9 cm³/mol. The van der Waals surface area contributed by atoms with E-state index in [2.05, 4.69) is 48.5 Å². The van der Waals surface area contributed by atoms with Crippen LogP contribution in [0.15, 0.2) is 12.2 Å². The van der Waals surface area contributed by atoms with Crippen molar-refractivity contribution in [1.29, 1.82) is 0 Å². The molecule has 1 saturated carbocycles. The number of carbonyl (C=O) groups excluding carboxylic acids is 1. The number of rotatable bonds is 2. The molecule has 1 rings (SSSR count). The van der Waals surface area contributed by atoms with E-state index in [4.69, 9.17) is 0 Å². The molecule has 1 nitrogen and oxygen atoms in total. The van der Waals surface area contributed by atoms with Gasteiger partial charge in [-0.3, -0.25) is 4.79 Å². The Morgan fingerprint density at radius 1 is 1.18 bits per heavy atom. The van der Waals surface area contributed by atoms with Gasteiger partial charge in [-0.15, -0.1) is 0 Å². The van der Waals surface area contributed by atoms with Gasteiger partial charge >= 0.3 is 0 Å². The van der Waals surface area contributed by atoms with E-state index in [0.717, 1.165) is 12.8 Å². The van der Waals surface area contributed by atoms with Gasteiger partial charge in [-0.25, -0.2) is 0 Å². The van der Waals surface area contributed by atoms with E-state index in [1.54, 1.807) is 0 Å². The second kappa shape index (κ2) is 4.26. The Kier molecular flexibility index (Phi) is 3.63. The van der Waals surface area contributed by atoms with Gasteiger partial charge in [-0.05, 0) is 35.7 Å². The zero-order valence-electron chi connectivity index (χ0n) is 12.6. The molecule has 1 heteroatoms. The van der Waals surface area contributed by atoms with Crippen LogP contribution in [0, 0.1) is 22.2 Å². The summed E-state index contributed by atoms with van der Waals surface area (Å²) in [6.07, 6.45) is 6.03. The van der Waals surface area contributed by atoms with Crippen LogP contribution >= 0.6 is 0 Å². The average molecular weight is 236 g/mol. The van der Waals surface area contributed by atoms with Gasteiger partial charge in [-0.1, -0.05) is 54.5 Å². The van der Waals surface area contributed by atoms with Crippen molar-refractivity contribution in [3.05, 3.63) is 12.2 Å². The second-order valence-electron chi connectivity index (χ2n) is 7.79. The summed E-state index contributed by atoms with van der Waals surface area (Å²) in [7, 11) is 0. The smallest absolute Gasteiger partial charge is 0.161 e. The van der Waals surface area contributed by atoms with Crippen LogP contribution in [0.1, 0.15) is 61.3 Å². The lowest BCUT2D eigenvalue weighted by atomic mass is 9.66. The number of hydrogen-bond donors (Lipinski definition) is 0. The maximum Gasteiger partial charge on any atom is 0.161 e. The van der Waals surface area contributed by atoms with Gasteiger partial charge in [0, 0.05) is 5.41 Å². The fourth-order valence-electron chi connectivity index (χ4n) is 3.09. The van der Waals surface area contributed by atoms with Gasteiger partial charge in [0.1, 0.15) is 0 Å². The molecule has 1 fully saturated rings. The van der Waals surface area contributed by atoms with Crippen LogP contribution < -0.4 is 0 Å².